The first-order valence-electron chi connectivity index (χ1n) is 5.52. The van der Waals surface area contributed by atoms with Crippen molar-refractivity contribution in [2.75, 3.05) is 33.4 Å². The minimum atomic E-state index is 0.230. The first-order valence-corrected chi connectivity index (χ1v) is 5.52. The van der Waals surface area contributed by atoms with E-state index in [4.69, 9.17) is 9.47 Å². The van der Waals surface area contributed by atoms with Crippen LogP contribution in [-0.4, -0.2) is 54.3 Å². The molecule has 2 rings (SSSR count). The number of likely N-dealkylation sites (tertiary alicyclic amines) is 1. The van der Waals surface area contributed by atoms with E-state index in [0.717, 1.165) is 32.7 Å². The van der Waals surface area contributed by atoms with Gasteiger partial charge in [-0.15, -0.1) is 0 Å². The number of methoxy groups -OCH3 is 1. The molecule has 5 heteroatoms. The molecule has 0 radical (unpaired) electrons. The Balaban J connectivity index is 1.76. The maximum Gasteiger partial charge on any atom is 0.232 e. The highest BCUT2D eigenvalue weighted by atomic mass is 16.5. The van der Waals surface area contributed by atoms with Crippen molar-refractivity contribution >= 4 is 0 Å². The summed E-state index contributed by atoms with van der Waals surface area (Å²) in [5.74, 6) is 0.612. The number of ether oxygens (including phenoxy) is 2. The molecular weight excluding hydrogens is 206 g/mol. The van der Waals surface area contributed by atoms with Gasteiger partial charge in [0, 0.05) is 39.1 Å². The van der Waals surface area contributed by atoms with Crippen LogP contribution in [0.4, 0.5) is 0 Å². The van der Waals surface area contributed by atoms with Gasteiger partial charge in [0.1, 0.15) is 6.10 Å². The van der Waals surface area contributed by atoms with Crippen LogP contribution >= 0.6 is 0 Å². The molecule has 0 spiro atoms. The molecular formula is C11H17N3O2. The normalized spacial score (nSPS) is 21.2. The molecule has 1 fully saturated rings. The summed E-state index contributed by atoms with van der Waals surface area (Å²) in [7, 11) is 1.73. The number of hydrogen-bond acceptors (Lipinski definition) is 5. The van der Waals surface area contributed by atoms with Crippen LogP contribution in [0.1, 0.15) is 6.42 Å². The van der Waals surface area contributed by atoms with Crippen molar-refractivity contribution in [2.45, 2.75) is 12.5 Å². The third-order valence-electron chi connectivity index (χ3n) is 2.67. The Morgan fingerprint density at radius 1 is 1.50 bits per heavy atom. The molecule has 0 aromatic carbocycles. The SMILES string of the molecule is COCCN1CC[C@H](Oc2cnccn2)C1. The molecule has 1 aliphatic heterocycles. The Labute approximate surface area is 95.4 Å². The molecule has 5 nitrogen and oxygen atoms in total. The minimum absolute atomic E-state index is 0.230. The Hall–Kier alpha value is -1.20. The van der Waals surface area contributed by atoms with E-state index in [-0.39, 0.29) is 6.10 Å². The molecule has 16 heavy (non-hydrogen) atoms. The summed E-state index contributed by atoms with van der Waals surface area (Å²) in [4.78, 5) is 10.4. The summed E-state index contributed by atoms with van der Waals surface area (Å²) >= 11 is 0. The van der Waals surface area contributed by atoms with Crippen LogP contribution < -0.4 is 4.74 Å². The van der Waals surface area contributed by atoms with Gasteiger partial charge < -0.3 is 9.47 Å². The number of hydrogen-bond donors (Lipinski definition) is 0. The molecule has 0 bridgehead atoms. The average Bonchev–Trinajstić information content (AvgIpc) is 2.75. The summed E-state index contributed by atoms with van der Waals surface area (Å²) in [6.07, 6.45) is 6.21. The van der Waals surface area contributed by atoms with Crippen LogP contribution in [0.5, 0.6) is 5.88 Å². The summed E-state index contributed by atoms with van der Waals surface area (Å²) in [5.41, 5.74) is 0. The zero-order valence-corrected chi connectivity index (χ0v) is 9.50. The average molecular weight is 223 g/mol. The third kappa shape index (κ3) is 3.15. The van der Waals surface area contributed by atoms with E-state index in [1.165, 1.54) is 0 Å². The van der Waals surface area contributed by atoms with E-state index in [2.05, 4.69) is 14.9 Å². The third-order valence-corrected chi connectivity index (χ3v) is 2.67. The van der Waals surface area contributed by atoms with Gasteiger partial charge >= 0.3 is 0 Å². The number of rotatable bonds is 5. The molecule has 0 saturated carbocycles. The second-order valence-electron chi connectivity index (χ2n) is 3.87. The zero-order chi connectivity index (χ0) is 11.2. The van der Waals surface area contributed by atoms with E-state index >= 15 is 0 Å². The zero-order valence-electron chi connectivity index (χ0n) is 9.50. The van der Waals surface area contributed by atoms with Crippen molar-refractivity contribution in [1.82, 2.24) is 14.9 Å². The van der Waals surface area contributed by atoms with Gasteiger partial charge in [-0.3, -0.25) is 9.88 Å². The van der Waals surface area contributed by atoms with Crippen LogP contribution in [0.15, 0.2) is 18.6 Å². The first-order chi connectivity index (χ1) is 7.88. The molecule has 1 aromatic heterocycles. The fourth-order valence-corrected chi connectivity index (χ4v) is 1.83. The van der Waals surface area contributed by atoms with Crippen LogP contribution in [0.3, 0.4) is 0 Å². The van der Waals surface area contributed by atoms with Gasteiger partial charge in [-0.2, -0.15) is 0 Å². The lowest BCUT2D eigenvalue weighted by molar-refractivity contribution is 0.147. The second kappa shape index (κ2) is 5.77. The molecule has 0 aliphatic carbocycles. The van der Waals surface area contributed by atoms with E-state index in [0.29, 0.717) is 5.88 Å². The minimum Gasteiger partial charge on any atom is -0.472 e. The summed E-state index contributed by atoms with van der Waals surface area (Å²) in [6, 6.07) is 0. The lowest BCUT2D eigenvalue weighted by atomic mass is 10.3. The largest absolute Gasteiger partial charge is 0.472 e. The topological polar surface area (TPSA) is 47.5 Å². The lowest BCUT2D eigenvalue weighted by Crippen LogP contribution is -2.27. The maximum atomic E-state index is 5.73. The van der Waals surface area contributed by atoms with Crippen molar-refractivity contribution < 1.29 is 9.47 Å². The molecule has 2 heterocycles. The molecule has 1 saturated heterocycles. The monoisotopic (exact) mass is 223 g/mol. The molecule has 1 aromatic rings. The fourth-order valence-electron chi connectivity index (χ4n) is 1.83. The smallest absolute Gasteiger partial charge is 0.232 e. The summed E-state index contributed by atoms with van der Waals surface area (Å²) < 4.78 is 10.8. The van der Waals surface area contributed by atoms with Crippen molar-refractivity contribution in [3.05, 3.63) is 18.6 Å². The van der Waals surface area contributed by atoms with Crippen molar-refractivity contribution in [3.8, 4) is 5.88 Å². The molecule has 0 unspecified atom stereocenters. The highest BCUT2D eigenvalue weighted by Crippen LogP contribution is 2.14. The van der Waals surface area contributed by atoms with Crippen molar-refractivity contribution in [3.63, 3.8) is 0 Å². The van der Waals surface area contributed by atoms with Crippen molar-refractivity contribution in [2.24, 2.45) is 0 Å². The predicted molar refractivity (Wildman–Crippen MR) is 59.4 cm³/mol. The summed E-state index contributed by atoms with van der Waals surface area (Å²) in [6.45, 7) is 3.75. The first kappa shape index (κ1) is 11.3. The van der Waals surface area contributed by atoms with Crippen LogP contribution in [0.2, 0.25) is 0 Å². The molecule has 1 atom stereocenters. The van der Waals surface area contributed by atoms with Crippen LogP contribution in [0, 0.1) is 0 Å². The fraction of sp³-hybridized carbons (Fsp3) is 0.636. The van der Waals surface area contributed by atoms with Gasteiger partial charge in [-0.1, -0.05) is 0 Å². The highest BCUT2D eigenvalue weighted by Gasteiger charge is 2.23. The lowest BCUT2D eigenvalue weighted by Gasteiger charge is -2.15. The van der Waals surface area contributed by atoms with E-state index in [1.54, 1.807) is 25.7 Å². The number of aromatic nitrogens is 2. The molecule has 88 valence electrons. The molecule has 0 N–H and O–H groups in total. The van der Waals surface area contributed by atoms with Gasteiger partial charge in [0.2, 0.25) is 5.88 Å². The second-order valence-corrected chi connectivity index (χ2v) is 3.87. The van der Waals surface area contributed by atoms with Crippen LogP contribution in [-0.2, 0) is 4.74 Å². The Kier molecular flexibility index (Phi) is 4.07. The Morgan fingerprint density at radius 3 is 3.19 bits per heavy atom. The standard InChI is InChI=1S/C11H17N3O2/c1-15-7-6-14-5-2-10(9-14)16-11-8-12-3-4-13-11/h3-4,8,10H,2,5-7,9H2,1H3/t10-/m0/s1. The number of nitrogens with zero attached hydrogens (tertiary/aromatic N) is 3. The predicted octanol–water partition coefficient (Wildman–Crippen LogP) is 0.576. The summed E-state index contributed by atoms with van der Waals surface area (Å²) in [5, 5.41) is 0. The van der Waals surface area contributed by atoms with Gasteiger partial charge in [0.25, 0.3) is 0 Å². The molecule has 0 amide bonds. The van der Waals surface area contributed by atoms with E-state index in [1.807, 2.05) is 0 Å². The van der Waals surface area contributed by atoms with Gasteiger partial charge in [0.05, 0.1) is 12.8 Å². The van der Waals surface area contributed by atoms with Crippen molar-refractivity contribution in [1.29, 1.82) is 0 Å². The van der Waals surface area contributed by atoms with Gasteiger partial charge in [0.15, 0.2) is 0 Å². The Bertz CT molecular complexity index is 307. The van der Waals surface area contributed by atoms with E-state index in [9.17, 15) is 0 Å². The van der Waals surface area contributed by atoms with Crippen LogP contribution in [0.25, 0.3) is 0 Å². The van der Waals surface area contributed by atoms with Gasteiger partial charge in [-0.25, -0.2) is 4.98 Å². The van der Waals surface area contributed by atoms with E-state index < -0.39 is 0 Å². The highest BCUT2D eigenvalue weighted by molar-refractivity contribution is 5.02. The van der Waals surface area contributed by atoms with Gasteiger partial charge in [-0.05, 0) is 6.42 Å². The Morgan fingerprint density at radius 2 is 2.44 bits per heavy atom. The molecule has 1 aliphatic rings. The maximum absolute atomic E-state index is 5.73. The quantitative estimate of drug-likeness (QED) is 0.730.